The quantitative estimate of drug-likeness (QED) is 0.483. The average molecular weight is 445 g/mol. The normalized spacial score (nSPS) is 12.5. The Kier molecular flexibility index (Phi) is 5.23. The Morgan fingerprint density at radius 2 is 1.89 bits per heavy atom. The number of benzene rings is 1. The molecule has 1 aromatic heterocycles. The van der Waals surface area contributed by atoms with Crippen LogP contribution in [0.4, 0.5) is 0 Å². The molecule has 0 spiro atoms. The molecule has 1 heterocycles. The van der Waals surface area contributed by atoms with Gasteiger partial charge in [0, 0.05) is 16.0 Å². The van der Waals surface area contributed by atoms with Crippen molar-refractivity contribution in [3.8, 4) is 5.75 Å². The van der Waals surface area contributed by atoms with Crippen LogP contribution in [-0.4, -0.2) is 7.11 Å². The highest BCUT2D eigenvalue weighted by atomic mass is 79.9. The summed E-state index contributed by atoms with van der Waals surface area (Å²) in [7, 11) is 1.57. The maximum atomic E-state index is 6.30. The predicted octanol–water partition coefficient (Wildman–Crippen LogP) is 6.62. The lowest BCUT2D eigenvalue weighted by atomic mass is 10.1. The monoisotopic (exact) mass is 442 g/mol. The molecule has 0 aliphatic carbocycles. The first-order chi connectivity index (χ1) is 8.93. The smallest absolute Gasteiger partial charge is 0.138 e. The highest BCUT2D eigenvalue weighted by Crippen LogP contribution is 2.43. The van der Waals surface area contributed by atoms with Crippen LogP contribution < -0.4 is 4.74 Å². The molecule has 1 atom stereocenters. The molecule has 0 fully saturated rings. The standard InChI is InChI=1S/C13H10Br2Cl2OS/c1-6-3-11(19-13(6)15)12(14)7-4-9(17)10(18-2)5-8(7)16/h3-5,12H,1-2H3. The molecule has 0 N–H and O–H groups in total. The highest BCUT2D eigenvalue weighted by Gasteiger charge is 2.19. The second-order valence-electron chi connectivity index (χ2n) is 3.98. The highest BCUT2D eigenvalue weighted by molar-refractivity contribution is 9.11. The Bertz CT molecular complexity index is 593. The molecule has 1 nitrogen and oxygen atoms in total. The fourth-order valence-electron chi connectivity index (χ4n) is 1.66. The number of aryl methyl sites for hydroxylation is 1. The molecule has 0 radical (unpaired) electrons. The molecule has 1 aromatic carbocycles. The van der Waals surface area contributed by atoms with Crippen molar-refractivity contribution in [1.82, 2.24) is 0 Å². The van der Waals surface area contributed by atoms with E-state index in [1.807, 2.05) is 6.07 Å². The number of alkyl halides is 1. The molecule has 102 valence electrons. The minimum atomic E-state index is 0.0124. The van der Waals surface area contributed by atoms with Crippen molar-refractivity contribution in [3.63, 3.8) is 0 Å². The van der Waals surface area contributed by atoms with E-state index in [4.69, 9.17) is 27.9 Å². The topological polar surface area (TPSA) is 9.23 Å². The molecular weight excluding hydrogens is 435 g/mol. The van der Waals surface area contributed by atoms with Crippen molar-refractivity contribution in [3.05, 3.63) is 48.0 Å². The molecule has 6 heteroatoms. The molecule has 2 rings (SSSR count). The van der Waals surface area contributed by atoms with E-state index in [-0.39, 0.29) is 4.83 Å². The van der Waals surface area contributed by atoms with Gasteiger partial charge in [-0.2, -0.15) is 0 Å². The lowest BCUT2D eigenvalue weighted by Crippen LogP contribution is -1.93. The summed E-state index contributed by atoms with van der Waals surface area (Å²) in [5.41, 5.74) is 2.14. The summed E-state index contributed by atoms with van der Waals surface area (Å²) in [6.07, 6.45) is 0. The van der Waals surface area contributed by atoms with Crippen LogP contribution in [0.5, 0.6) is 5.75 Å². The largest absolute Gasteiger partial charge is 0.495 e. The Balaban J connectivity index is 2.44. The van der Waals surface area contributed by atoms with E-state index >= 15 is 0 Å². The molecule has 0 bridgehead atoms. The first kappa shape index (κ1) is 15.6. The number of halogens is 4. The molecular formula is C13H10Br2Cl2OS. The van der Waals surface area contributed by atoms with Gasteiger partial charge in [-0.1, -0.05) is 39.1 Å². The van der Waals surface area contributed by atoms with Crippen LogP contribution in [0.2, 0.25) is 10.0 Å². The number of thiophene rings is 1. The van der Waals surface area contributed by atoms with Gasteiger partial charge in [0.25, 0.3) is 0 Å². The second-order valence-corrected chi connectivity index (χ2v) is 8.11. The van der Waals surface area contributed by atoms with Crippen molar-refractivity contribution < 1.29 is 4.74 Å². The van der Waals surface area contributed by atoms with Crippen LogP contribution in [0, 0.1) is 6.92 Å². The van der Waals surface area contributed by atoms with E-state index in [1.54, 1.807) is 24.5 Å². The number of methoxy groups -OCH3 is 1. The van der Waals surface area contributed by atoms with Crippen LogP contribution in [0.15, 0.2) is 22.0 Å². The van der Waals surface area contributed by atoms with Crippen LogP contribution in [0.1, 0.15) is 20.8 Å². The summed E-state index contributed by atoms with van der Waals surface area (Å²) in [6.45, 7) is 2.06. The average Bonchev–Trinajstić information content (AvgIpc) is 2.71. The third kappa shape index (κ3) is 3.30. The van der Waals surface area contributed by atoms with Crippen molar-refractivity contribution in [2.75, 3.05) is 7.11 Å². The van der Waals surface area contributed by atoms with Crippen LogP contribution in [0.3, 0.4) is 0 Å². The van der Waals surface area contributed by atoms with Crippen LogP contribution >= 0.6 is 66.4 Å². The Morgan fingerprint density at radius 1 is 1.21 bits per heavy atom. The van der Waals surface area contributed by atoms with Gasteiger partial charge in [0.2, 0.25) is 0 Å². The number of ether oxygens (including phenoxy) is 1. The van der Waals surface area contributed by atoms with E-state index in [0.717, 1.165) is 9.35 Å². The van der Waals surface area contributed by atoms with E-state index in [2.05, 4.69) is 44.8 Å². The molecule has 1 unspecified atom stereocenters. The third-order valence-electron chi connectivity index (χ3n) is 2.67. The van der Waals surface area contributed by atoms with Gasteiger partial charge in [-0.15, -0.1) is 11.3 Å². The predicted molar refractivity (Wildman–Crippen MR) is 90.5 cm³/mol. The number of hydrogen-bond donors (Lipinski definition) is 0. The van der Waals surface area contributed by atoms with E-state index in [0.29, 0.717) is 15.8 Å². The Hall–Kier alpha value is 0.260. The van der Waals surface area contributed by atoms with Gasteiger partial charge in [-0.25, -0.2) is 0 Å². The zero-order chi connectivity index (χ0) is 14.2. The van der Waals surface area contributed by atoms with E-state index in [1.165, 1.54) is 10.4 Å². The minimum Gasteiger partial charge on any atom is -0.495 e. The molecule has 0 saturated heterocycles. The summed E-state index contributed by atoms with van der Waals surface area (Å²) in [4.78, 5) is 1.19. The second kappa shape index (κ2) is 6.35. The van der Waals surface area contributed by atoms with Crippen molar-refractivity contribution >= 4 is 66.4 Å². The maximum absolute atomic E-state index is 6.30. The van der Waals surface area contributed by atoms with Gasteiger partial charge in [-0.3, -0.25) is 0 Å². The van der Waals surface area contributed by atoms with Gasteiger partial charge in [-0.05, 0) is 46.1 Å². The number of rotatable bonds is 3. The first-order valence-electron chi connectivity index (χ1n) is 5.37. The molecule has 19 heavy (non-hydrogen) atoms. The summed E-state index contributed by atoms with van der Waals surface area (Å²) in [5, 5.41) is 1.18. The lowest BCUT2D eigenvalue weighted by molar-refractivity contribution is 0.415. The fraction of sp³-hybridized carbons (Fsp3) is 0.231. The lowest BCUT2D eigenvalue weighted by Gasteiger charge is -2.13. The van der Waals surface area contributed by atoms with Gasteiger partial charge < -0.3 is 4.74 Å². The first-order valence-corrected chi connectivity index (χ1v) is 8.65. The van der Waals surface area contributed by atoms with Gasteiger partial charge in [0.05, 0.1) is 20.7 Å². The van der Waals surface area contributed by atoms with E-state index < -0.39 is 0 Å². The Morgan fingerprint density at radius 3 is 2.42 bits per heavy atom. The van der Waals surface area contributed by atoms with Crippen LogP contribution in [-0.2, 0) is 0 Å². The van der Waals surface area contributed by atoms with Gasteiger partial charge in [0.15, 0.2) is 0 Å². The van der Waals surface area contributed by atoms with E-state index in [9.17, 15) is 0 Å². The van der Waals surface area contributed by atoms with Crippen molar-refractivity contribution in [1.29, 1.82) is 0 Å². The summed E-state index contributed by atoms with van der Waals surface area (Å²) >= 11 is 21.3. The maximum Gasteiger partial charge on any atom is 0.138 e. The zero-order valence-corrected chi connectivity index (χ0v) is 15.6. The summed E-state index contributed by atoms with van der Waals surface area (Å²) < 4.78 is 6.28. The molecule has 2 aromatic rings. The molecule has 0 aliphatic heterocycles. The van der Waals surface area contributed by atoms with Crippen molar-refractivity contribution in [2.45, 2.75) is 11.8 Å². The SMILES string of the molecule is COc1cc(Cl)c(C(Br)c2cc(C)c(Br)s2)cc1Cl. The van der Waals surface area contributed by atoms with Crippen molar-refractivity contribution in [2.24, 2.45) is 0 Å². The van der Waals surface area contributed by atoms with Gasteiger partial charge in [0.1, 0.15) is 5.75 Å². The van der Waals surface area contributed by atoms with Crippen LogP contribution in [0.25, 0.3) is 0 Å². The van der Waals surface area contributed by atoms with Gasteiger partial charge >= 0.3 is 0 Å². The summed E-state index contributed by atoms with van der Waals surface area (Å²) in [5.74, 6) is 0.582. The third-order valence-corrected chi connectivity index (χ3v) is 6.78. The molecule has 0 aliphatic rings. The molecule has 0 amide bonds. The minimum absolute atomic E-state index is 0.0124. The Labute approximate surface area is 143 Å². The number of hydrogen-bond acceptors (Lipinski definition) is 2. The fourth-order valence-corrected chi connectivity index (χ4v) is 4.66. The molecule has 0 saturated carbocycles. The zero-order valence-electron chi connectivity index (χ0n) is 10.1. The summed E-state index contributed by atoms with van der Waals surface area (Å²) in [6, 6.07) is 5.71.